The molecule has 0 saturated heterocycles. The van der Waals surface area contributed by atoms with Gasteiger partial charge in [0.2, 0.25) is 0 Å². The minimum absolute atomic E-state index is 0.616. The highest BCUT2D eigenvalue weighted by molar-refractivity contribution is 5.92. The summed E-state index contributed by atoms with van der Waals surface area (Å²) < 4.78 is 5.37. The lowest BCUT2D eigenvalue weighted by Crippen LogP contribution is -1.96. The topological polar surface area (TPSA) is 75.2 Å². The van der Waals surface area contributed by atoms with Crippen LogP contribution in [-0.4, -0.2) is 28.2 Å². The molecule has 0 amide bonds. The summed E-state index contributed by atoms with van der Waals surface area (Å²) in [6, 6.07) is 21.8. The van der Waals surface area contributed by atoms with Gasteiger partial charge in [0, 0.05) is 35.2 Å². The van der Waals surface area contributed by atoms with Gasteiger partial charge in [-0.3, -0.25) is 4.98 Å². The number of fused-ring (bicyclic) bond motifs is 1. The molecule has 144 valence electrons. The molecular formula is C24H20N2O3. The van der Waals surface area contributed by atoms with Crippen LogP contribution < -0.4 is 4.74 Å². The molecule has 0 unspecified atom stereocenters. The van der Waals surface area contributed by atoms with Crippen LogP contribution in [0.4, 0.5) is 0 Å². The van der Waals surface area contributed by atoms with Crippen molar-refractivity contribution >= 4 is 22.9 Å². The van der Waals surface area contributed by atoms with Crippen LogP contribution in [0, 0.1) is 0 Å². The average Bonchev–Trinajstić information content (AvgIpc) is 3.10. The summed E-state index contributed by atoms with van der Waals surface area (Å²) in [7, 11) is 1.66. The van der Waals surface area contributed by atoms with Gasteiger partial charge < -0.3 is 14.8 Å². The van der Waals surface area contributed by atoms with Crippen molar-refractivity contribution in [2.24, 2.45) is 0 Å². The van der Waals surface area contributed by atoms with E-state index < -0.39 is 5.97 Å². The Balaban J connectivity index is 1.80. The number of H-pyrrole nitrogens is 1. The summed E-state index contributed by atoms with van der Waals surface area (Å²) in [5.74, 6) is -0.196. The first kappa shape index (κ1) is 18.5. The van der Waals surface area contributed by atoms with E-state index in [4.69, 9.17) is 9.84 Å². The molecule has 5 heteroatoms. The summed E-state index contributed by atoms with van der Waals surface area (Å²) in [6.07, 6.45) is 3.22. The van der Waals surface area contributed by atoms with Gasteiger partial charge >= 0.3 is 5.97 Å². The van der Waals surface area contributed by atoms with Gasteiger partial charge in [-0.25, -0.2) is 4.79 Å². The maximum absolute atomic E-state index is 10.8. The number of hydrogen-bond donors (Lipinski definition) is 2. The lowest BCUT2D eigenvalue weighted by molar-refractivity contribution is -0.131. The molecule has 0 spiro atoms. The zero-order valence-electron chi connectivity index (χ0n) is 15.9. The number of hydrogen-bond acceptors (Lipinski definition) is 3. The van der Waals surface area contributed by atoms with Crippen molar-refractivity contribution in [3.05, 3.63) is 89.8 Å². The molecule has 0 radical (unpaired) electrons. The monoisotopic (exact) mass is 384 g/mol. The van der Waals surface area contributed by atoms with E-state index in [2.05, 4.69) is 28.2 Å². The molecule has 5 nitrogen and oxygen atoms in total. The van der Waals surface area contributed by atoms with Crippen molar-refractivity contribution in [2.75, 3.05) is 7.11 Å². The lowest BCUT2D eigenvalue weighted by atomic mass is 10.0. The highest BCUT2D eigenvalue weighted by atomic mass is 16.5. The molecule has 0 atom stereocenters. The average molecular weight is 384 g/mol. The minimum Gasteiger partial charge on any atom is -0.497 e. The molecule has 29 heavy (non-hydrogen) atoms. The highest BCUT2D eigenvalue weighted by Crippen LogP contribution is 2.33. The zero-order chi connectivity index (χ0) is 20.2. The number of aliphatic carboxylic acids is 1. The van der Waals surface area contributed by atoms with Crippen LogP contribution in [-0.2, 0) is 11.2 Å². The van der Waals surface area contributed by atoms with Crippen molar-refractivity contribution in [2.45, 2.75) is 6.42 Å². The second kappa shape index (κ2) is 8.02. The smallest absolute Gasteiger partial charge is 0.328 e. The van der Waals surface area contributed by atoms with Crippen molar-refractivity contribution in [1.29, 1.82) is 0 Å². The number of aromatic amines is 1. The SMILES string of the molecule is COc1ccc2c(Cc3cccc(/C=C/C(=O)O)n3)c(-c3ccccc3)[nH]c2c1. The summed E-state index contributed by atoms with van der Waals surface area (Å²) in [5.41, 5.74) is 5.77. The molecule has 4 aromatic rings. The fraction of sp³-hybridized carbons (Fsp3) is 0.0833. The van der Waals surface area contributed by atoms with Crippen molar-refractivity contribution in [1.82, 2.24) is 9.97 Å². The van der Waals surface area contributed by atoms with Gasteiger partial charge in [0.25, 0.3) is 0 Å². The number of nitrogens with one attached hydrogen (secondary N) is 1. The molecule has 0 aliphatic carbocycles. The number of methoxy groups -OCH3 is 1. The van der Waals surface area contributed by atoms with E-state index in [1.165, 1.54) is 6.08 Å². The van der Waals surface area contributed by atoms with Crippen LogP contribution in [0.2, 0.25) is 0 Å². The number of rotatable bonds is 6. The Kier molecular flexibility index (Phi) is 5.12. The van der Waals surface area contributed by atoms with E-state index in [1.54, 1.807) is 13.2 Å². The van der Waals surface area contributed by atoms with Gasteiger partial charge in [0.15, 0.2) is 0 Å². The summed E-state index contributed by atoms with van der Waals surface area (Å²) >= 11 is 0. The fourth-order valence-corrected chi connectivity index (χ4v) is 3.42. The number of ether oxygens (including phenoxy) is 1. The molecule has 0 aliphatic heterocycles. The Labute approximate surface area is 168 Å². The summed E-state index contributed by atoms with van der Waals surface area (Å²) in [4.78, 5) is 18.9. The third-order valence-corrected chi connectivity index (χ3v) is 4.76. The molecule has 2 aromatic carbocycles. The largest absolute Gasteiger partial charge is 0.497 e. The minimum atomic E-state index is -0.992. The zero-order valence-corrected chi connectivity index (χ0v) is 15.9. The third kappa shape index (κ3) is 4.04. The Hall–Kier alpha value is -3.86. The first-order valence-corrected chi connectivity index (χ1v) is 9.25. The molecule has 2 heterocycles. The van der Waals surface area contributed by atoms with E-state index >= 15 is 0 Å². The predicted molar refractivity (Wildman–Crippen MR) is 114 cm³/mol. The highest BCUT2D eigenvalue weighted by Gasteiger charge is 2.15. The molecule has 2 aromatic heterocycles. The van der Waals surface area contributed by atoms with Crippen LogP contribution >= 0.6 is 0 Å². The molecule has 2 N–H and O–H groups in total. The fourth-order valence-electron chi connectivity index (χ4n) is 3.42. The molecule has 0 saturated carbocycles. The number of aromatic nitrogens is 2. The maximum atomic E-state index is 10.8. The Morgan fingerprint density at radius 1 is 1.10 bits per heavy atom. The Morgan fingerprint density at radius 2 is 1.93 bits per heavy atom. The van der Waals surface area contributed by atoms with Gasteiger partial charge in [-0.05, 0) is 41.5 Å². The van der Waals surface area contributed by atoms with Crippen molar-refractivity contribution in [3.8, 4) is 17.0 Å². The van der Waals surface area contributed by atoms with Gasteiger partial charge in [0.1, 0.15) is 5.75 Å². The number of carbonyl (C=O) groups is 1. The van der Waals surface area contributed by atoms with Crippen molar-refractivity contribution in [3.63, 3.8) is 0 Å². The second-order valence-electron chi connectivity index (χ2n) is 6.66. The van der Waals surface area contributed by atoms with Gasteiger partial charge in [-0.15, -0.1) is 0 Å². The van der Waals surface area contributed by atoms with Gasteiger partial charge in [0.05, 0.1) is 18.5 Å². The number of pyridine rings is 1. The number of benzene rings is 2. The number of carboxylic acids is 1. The van der Waals surface area contributed by atoms with E-state index in [-0.39, 0.29) is 0 Å². The summed E-state index contributed by atoms with van der Waals surface area (Å²) in [6.45, 7) is 0. The van der Waals surface area contributed by atoms with Gasteiger partial charge in [-0.2, -0.15) is 0 Å². The molecule has 0 aliphatic rings. The van der Waals surface area contributed by atoms with E-state index in [1.807, 2.05) is 42.5 Å². The normalized spacial score (nSPS) is 11.2. The first-order chi connectivity index (χ1) is 14.1. The maximum Gasteiger partial charge on any atom is 0.328 e. The van der Waals surface area contributed by atoms with Gasteiger partial charge in [-0.1, -0.05) is 36.4 Å². The van der Waals surface area contributed by atoms with E-state index in [9.17, 15) is 4.79 Å². The quantitative estimate of drug-likeness (QED) is 0.462. The summed E-state index contributed by atoms with van der Waals surface area (Å²) in [5, 5.41) is 9.96. The third-order valence-electron chi connectivity index (χ3n) is 4.76. The molecule has 4 rings (SSSR count). The number of carboxylic acid groups (broad SMARTS) is 1. The second-order valence-corrected chi connectivity index (χ2v) is 6.66. The van der Waals surface area contributed by atoms with E-state index in [0.717, 1.165) is 45.2 Å². The van der Waals surface area contributed by atoms with E-state index in [0.29, 0.717) is 12.1 Å². The van der Waals surface area contributed by atoms with Crippen LogP contribution in [0.3, 0.4) is 0 Å². The van der Waals surface area contributed by atoms with Crippen molar-refractivity contribution < 1.29 is 14.6 Å². The standard InChI is InChI=1S/C24H20N2O3/c1-29-19-11-12-20-21(14-18-9-5-8-17(25-18)10-13-23(27)28)24(26-22(20)15-19)16-6-3-2-4-7-16/h2-13,15,26H,14H2,1H3,(H,27,28)/b13-10+. The lowest BCUT2D eigenvalue weighted by Gasteiger charge is -2.06. The van der Waals surface area contributed by atoms with Crippen LogP contribution in [0.1, 0.15) is 17.0 Å². The molecule has 0 bridgehead atoms. The predicted octanol–water partition coefficient (Wildman–Crippen LogP) is 4.93. The molecular weight excluding hydrogens is 364 g/mol. The molecule has 0 fully saturated rings. The Morgan fingerprint density at radius 3 is 2.69 bits per heavy atom. The van der Waals surface area contributed by atoms with Crippen LogP contribution in [0.25, 0.3) is 28.2 Å². The van der Waals surface area contributed by atoms with Crippen LogP contribution in [0.15, 0.2) is 72.8 Å². The first-order valence-electron chi connectivity index (χ1n) is 9.25. The number of nitrogens with zero attached hydrogens (tertiary/aromatic N) is 1. The van der Waals surface area contributed by atoms with Crippen LogP contribution in [0.5, 0.6) is 5.75 Å². The Bertz CT molecular complexity index is 1190.